The molecular weight excluding hydrogens is 250 g/mol. The Kier molecular flexibility index (Phi) is 4.90. The van der Waals surface area contributed by atoms with E-state index in [0.717, 1.165) is 9.75 Å². The van der Waals surface area contributed by atoms with E-state index in [-0.39, 0.29) is 11.8 Å². The molecule has 0 aromatic carbocycles. The van der Waals surface area contributed by atoms with E-state index >= 15 is 0 Å². The predicted octanol–water partition coefficient (Wildman–Crippen LogP) is 2.59. The van der Waals surface area contributed by atoms with Crippen LogP contribution >= 0.6 is 11.3 Å². The van der Waals surface area contributed by atoms with Crippen molar-refractivity contribution in [1.29, 1.82) is 0 Å². The maximum Gasteiger partial charge on any atom is 0.326 e. The van der Waals surface area contributed by atoms with Gasteiger partial charge >= 0.3 is 5.97 Å². The summed E-state index contributed by atoms with van der Waals surface area (Å²) in [5.74, 6) is -1.07. The molecule has 1 amide bonds. The third kappa shape index (κ3) is 3.84. The first-order valence-electron chi connectivity index (χ1n) is 5.92. The number of carbonyl (C=O) groups is 2. The molecule has 0 spiro atoms. The van der Waals surface area contributed by atoms with Crippen LogP contribution in [-0.4, -0.2) is 23.0 Å². The average Bonchev–Trinajstić information content (AvgIpc) is 2.56. The van der Waals surface area contributed by atoms with E-state index in [1.165, 1.54) is 11.3 Å². The summed E-state index contributed by atoms with van der Waals surface area (Å²) in [6.07, 6.45) is 0.434. The van der Waals surface area contributed by atoms with Gasteiger partial charge < -0.3 is 10.4 Å². The first kappa shape index (κ1) is 14.7. The Bertz CT molecular complexity index is 451. The molecule has 1 atom stereocenters. The Hall–Kier alpha value is -1.36. The lowest BCUT2D eigenvalue weighted by atomic mass is 10.0. The lowest BCUT2D eigenvalue weighted by molar-refractivity contribution is -0.139. The van der Waals surface area contributed by atoms with Gasteiger partial charge in [0.05, 0.1) is 5.56 Å². The molecule has 0 aliphatic heterocycles. The van der Waals surface area contributed by atoms with E-state index in [2.05, 4.69) is 5.32 Å². The van der Waals surface area contributed by atoms with Crippen LogP contribution in [0.5, 0.6) is 0 Å². The molecular formula is C13H19NO3S. The molecule has 0 unspecified atom stereocenters. The Balaban J connectivity index is 2.78. The quantitative estimate of drug-likeness (QED) is 0.863. The zero-order valence-corrected chi connectivity index (χ0v) is 11.9. The van der Waals surface area contributed by atoms with Gasteiger partial charge in [-0.15, -0.1) is 11.3 Å². The largest absolute Gasteiger partial charge is 0.480 e. The first-order valence-corrected chi connectivity index (χ1v) is 6.73. The van der Waals surface area contributed by atoms with Crippen molar-refractivity contribution in [3.63, 3.8) is 0 Å². The molecule has 2 N–H and O–H groups in total. The highest BCUT2D eigenvalue weighted by Gasteiger charge is 2.22. The fourth-order valence-electron chi connectivity index (χ4n) is 1.79. The van der Waals surface area contributed by atoms with Crippen LogP contribution in [0, 0.1) is 19.8 Å². The molecule has 1 heterocycles. The normalized spacial score (nSPS) is 12.5. The smallest absolute Gasteiger partial charge is 0.326 e. The summed E-state index contributed by atoms with van der Waals surface area (Å²) in [6, 6.07) is 0.973. The van der Waals surface area contributed by atoms with Gasteiger partial charge in [0.1, 0.15) is 6.04 Å². The van der Waals surface area contributed by atoms with E-state index < -0.39 is 12.0 Å². The Labute approximate surface area is 111 Å². The van der Waals surface area contributed by atoms with E-state index in [4.69, 9.17) is 5.11 Å². The summed E-state index contributed by atoms with van der Waals surface area (Å²) < 4.78 is 0. The van der Waals surface area contributed by atoms with E-state index in [1.807, 2.05) is 27.7 Å². The molecule has 100 valence electrons. The molecule has 5 heteroatoms. The SMILES string of the molecule is Cc1cc(C(=O)N[C@H](CC(C)C)C(=O)O)c(C)s1. The van der Waals surface area contributed by atoms with Crippen molar-refractivity contribution in [2.24, 2.45) is 5.92 Å². The van der Waals surface area contributed by atoms with Crippen LogP contribution in [0.3, 0.4) is 0 Å². The fraction of sp³-hybridized carbons (Fsp3) is 0.538. The van der Waals surface area contributed by atoms with Gasteiger partial charge in [0, 0.05) is 9.75 Å². The maximum absolute atomic E-state index is 12.0. The molecule has 18 heavy (non-hydrogen) atoms. The fourth-order valence-corrected chi connectivity index (χ4v) is 2.71. The minimum absolute atomic E-state index is 0.219. The number of aryl methyl sites for hydroxylation is 2. The minimum Gasteiger partial charge on any atom is -0.480 e. The van der Waals surface area contributed by atoms with Crippen molar-refractivity contribution < 1.29 is 14.7 Å². The topological polar surface area (TPSA) is 66.4 Å². The van der Waals surface area contributed by atoms with E-state index in [0.29, 0.717) is 12.0 Å². The molecule has 0 aliphatic carbocycles. The van der Waals surface area contributed by atoms with E-state index in [1.54, 1.807) is 6.07 Å². The number of carboxylic acids is 1. The van der Waals surface area contributed by atoms with Gasteiger partial charge in [0.2, 0.25) is 0 Å². The van der Waals surface area contributed by atoms with Crippen molar-refractivity contribution in [1.82, 2.24) is 5.32 Å². The van der Waals surface area contributed by atoms with Crippen LogP contribution in [0.1, 0.15) is 40.4 Å². The second-order valence-electron chi connectivity index (χ2n) is 4.82. The van der Waals surface area contributed by atoms with Crippen molar-refractivity contribution in [2.75, 3.05) is 0 Å². The highest BCUT2D eigenvalue weighted by molar-refractivity contribution is 7.12. The number of carbonyl (C=O) groups excluding carboxylic acids is 1. The minimum atomic E-state index is -0.985. The summed E-state index contributed by atoms with van der Waals surface area (Å²) >= 11 is 1.54. The molecule has 0 fully saturated rings. The van der Waals surface area contributed by atoms with Gasteiger partial charge in [-0.2, -0.15) is 0 Å². The highest BCUT2D eigenvalue weighted by atomic mass is 32.1. The number of amides is 1. The summed E-state index contributed by atoms with van der Waals surface area (Å²) in [5.41, 5.74) is 0.576. The highest BCUT2D eigenvalue weighted by Crippen LogP contribution is 2.20. The molecule has 0 saturated heterocycles. The van der Waals surface area contributed by atoms with Crippen molar-refractivity contribution in [2.45, 2.75) is 40.2 Å². The third-order valence-electron chi connectivity index (χ3n) is 2.60. The Morgan fingerprint density at radius 2 is 2.00 bits per heavy atom. The summed E-state index contributed by atoms with van der Waals surface area (Å²) in [4.78, 5) is 25.1. The lowest BCUT2D eigenvalue weighted by Gasteiger charge is -2.16. The molecule has 0 radical (unpaired) electrons. The predicted molar refractivity (Wildman–Crippen MR) is 72.1 cm³/mol. The molecule has 1 rings (SSSR count). The average molecular weight is 269 g/mol. The number of hydrogen-bond donors (Lipinski definition) is 2. The molecule has 4 nitrogen and oxygen atoms in total. The zero-order valence-electron chi connectivity index (χ0n) is 11.1. The van der Waals surface area contributed by atoms with Crippen LogP contribution < -0.4 is 5.32 Å². The monoisotopic (exact) mass is 269 g/mol. The second kappa shape index (κ2) is 6.00. The number of thiophene rings is 1. The number of hydrogen-bond acceptors (Lipinski definition) is 3. The number of nitrogens with one attached hydrogen (secondary N) is 1. The molecule has 0 aliphatic rings. The van der Waals surface area contributed by atoms with Gasteiger partial charge in [-0.3, -0.25) is 4.79 Å². The van der Waals surface area contributed by atoms with Crippen molar-refractivity contribution >= 4 is 23.2 Å². The zero-order chi connectivity index (χ0) is 13.9. The number of aliphatic carboxylic acids is 1. The van der Waals surface area contributed by atoms with Crippen LogP contribution in [0.2, 0.25) is 0 Å². The maximum atomic E-state index is 12.0. The lowest BCUT2D eigenvalue weighted by Crippen LogP contribution is -2.41. The summed E-state index contributed by atoms with van der Waals surface area (Å²) in [6.45, 7) is 7.66. The van der Waals surface area contributed by atoms with Gasteiger partial charge in [0.15, 0.2) is 0 Å². The van der Waals surface area contributed by atoms with Gasteiger partial charge in [-0.1, -0.05) is 13.8 Å². The van der Waals surface area contributed by atoms with Crippen LogP contribution in [0.4, 0.5) is 0 Å². The third-order valence-corrected chi connectivity index (χ3v) is 3.56. The number of carboxylic acid groups (broad SMARTS) is 1. The molecule has 1 aromatic heterocycles. The van der Waals surface area contributed by atoms with Crippen molar-refractivity contribution in [3.05, 3.63) is 21.4 Å². The standard InChI is InChI=1S/C13H19NO3S/c1-7(2)5-11(13(16)17)14-12(15)10-6-8(3)18-9(10)4/h6-7,11H,5H2,1-4H3,(H,14,15)(H,16,17)/t11-/m1/s1. The van der Waals surface area contributed by atoms with Gasteiger partial charge in [-0.05, 0) is 32.3 Å². The second-order valence-corrected chi connectivity index (χ2v) is 6.28. The van der Waals surface area contributed by atoms with Crippen LogP contribution in [0.15, 0.2) is 6.07 Å². The number of rotatable bonds is 5. The molecule has 0 bridgehead atoms. The van der Waals surface area contributed by atoms with Crippen LogP contribution in [-0.2, 0) is 4.79 Å². The molecule has 0 saturated carbocycles. The van der Waals surface area contributed by atoms with Crippen molar-refractivity contribution in [3.8, 4) is 0 Å². The Morgan fingerprint density at radius 1 is 1.39 bits per heavy atom. The first-order chi connectivity index (χ1) is 8.31. The summed E-state index contributed by atoms with van der Waals surface area (Å²) in [5, 5.41) is 11.7. The van der Waals surface area contributed by atoms with Crippen LogP contribution in [0.25, 0.3) is 0 Å². The Morgan fingerprint density at radius 3 is 2.39 bits per heavy atom. The molecule has 1 aromatic rings. The summed E-state index contributed by atoms with van der Waals surface area (Å²) in [7, 11) is 0. The van der Waals surface area contributed by atoms with Gasteiger partial charge in [0.25, 0.3) is 5.91 Å². The van der Waals surface area contributed by atoms with E-state index in [9.17, 15) is 9.59 Å². The van der Waals surface area contributed by atoms with Gasteiger partial charge in [-0.25, -0.2) is 4.79 Å².